The van der Waals surface area contributed by atoms with Gasteiger partial charge in [-0.25, -0.2) is 0 Å². The number of aliphatic hydroxyl groups excluding tert-OH is 1. The van der Waals surface area contributed by atoms with Crippen molar-refractivity contribution in [2.75, 3.05) is 19.5 Å². The van der Waals surface area contributed by atoms with Crippen molar-refractivity contribution < 1.29 is 19.4 Å². The maximum absolute atomic E-state index is 11.9. The lowest BCUT2D eigenvalue weighted by Crippen LogP contribution is -2.29. The summed E-state index contributed by atoms with van der Waals surface area (Å²) in [7, 11) is 3.26. The summed E-state index contributed by atoms with van der Waals surface area (Å²) in [6.45, 7) is 0. The summed E-state index contributed by atoms with van der Waals surface area (Å²) in [5.41, 5.74) is 8.98. The number of nitrogens with one attached hydrogen (secondary N) is 1. The van der Waals surface area contributed by atoms with Gasteiger partial charge in [0, 0.05) is 11.7 Å². The van der Waals surface area contributed by atoms with Crippen molar-refractivity contribution in [1.82, 2.24) is 0 Å². The number of hydrogen-bond donors (Lipinski definition) is 3. The van der Waals surface area contributed by atoms with Crippen molar-refractivity contribution in [2.45, 2.75) is 44.2 Å². The number of anilines is 1. The minimum Gasteiger partial charge on any atom is -0.493 e. The van der Waals surface area contributed by atoms with E-state index in [9.17, 15) is 9.90 Å². The molecule has 1 amide bonds. The fourth-order valence-corrected chi connectivity index (χ4v) is 4.67. The second-order valence-electron chi connectivity index (χ2n) is 7.38. The summed E-state index contributed by atoms with van der Waals surface area (Å²) in [5.74, 6) is 0.973. The van der Waals surface area contributed by atoms with E-state index in [1.54, 1.807) is 20.3 Å². The molecule has 29 heavy (non-hydrogen) atoms. The van der Waals surface area contributed by atoms with Crippen LogP contribution >= 0.6 is 22.6 Å². The number of carbonyl (C=O) groups excluding carboxylic acids is 1. The van der Waals surface area contributed by atoms with Gasteiger partial charge in [0.1, 0.15) is 0 Å². The molecule has 156 valence electrons. The zero-order valence-electron chi connectivity index (χ0n) is 16.7. The molecule has 7 heteroatoms. The van der Waals surface area contributed by atoms with Crippen LogP contribution in [0.3, 0.4) is 0 Å². The second kappa shape index (κ2) is 9.67. The molecule has 6 nitrogen and oxygen atoms in total. The van der Waals surface area contributed by atoms with Gasteiger partial charge in [0.25, 0.3) is 5.91 Å². The Labute approximate surface area is 184 Å². The first kappa shape index (κ1) is 21.7. The minimum atomic E-state index is -0.449. The van der Waals surface area contributed by atoms with Crippen LogP contribution in [0.1, 0.15) is 47.2 Å². The van der Waals surface area contributed by atoms with E-state index >= 15 is 0 Å². The summed E-state index contributed by atoms with van der Waals surface area (Å²) in [6, 6.07) is 9.98. The fraction of sp³-hybridized carbons (Fsp3) is 0.409. The van der Waals surface area contributed by atoms with E-state index < -0.39 is 5.91 Å². The van der Waals surface area contributed by atoms with Crippen LogP contribution in [0.15, 0.2) is 30.3 Å². The average molecular weight is 510 g/mol. The molecule has 1 aliphatic carbocycles. The van der Waals surface area contributed by atoms with E-state index in [2.05, 4.69) is 34.0 Å². The van der Waals surface area contributed by atoms with Gasteiger partial charge in [-0.15, -0.1) is 0 Å². The van der Waals surface area contributed by atoms with E-state index in [4.69, 9.17) is 15.2 Å². The van der Waals surface area contributed by atoms with Crippen LogP contribution in [0, 0.1) is 3.57 Å². The number of carbonyl (C=O) groups is 1. The maximum atomic E-state index is 11.9. The van der Waals surface area contributed by atoms with Gasteiger partial charge in [0.15, 0.2) is 11.5 Å². The second-order valence-corrected chi connectivity index (χ2v) is 8.55. The first-order valence-electron chi connectivity index (χ1n) is 9.69. The highest BCUT2D eigenvalue weighted by molar-refractivity contribution is 14.1. The smallest absolute Gasteiger partial charge is 0.250 e. The Balaban J connectivity index is 1.85. The van der Waals surface area contributed by atoms with Crippen LogP contribution in [0.25, 0.3) is 0 Å². The van der Waals surface area contributed by atoms with Crippen molar-refractivity contribution >= 4 is 34.2 Å². The van der Waals surface area contributed by atoms with Gasteiger partial charge in [0.2, 0.25) is 0 Å². The van der Waals surface area contributed by atoms with Crippen LogP contribution in [-0.4, -0.2) is 37.4 Å². The number of ether oxygens (including phenoxy) is 2. The number of methoxy groups -OCH3 is 2. The third-order valence-electron chi connectivity index (χ3n) is 5.31. The number of rotatable bonds is 7. The van der Waals surface area contributed by atoms with Gasteiger partial charge in [-0.3, -0.25) is 4.79 Å². The number of primary amides is 1. The molecule has 0 unspecified atom stereocenters. The molecule has 3 rings (SSSR count). The van der Waals surface area contributed by atoms with Gasteiger partial charge in [-0.2, -0.15) is 0 Å². The Morgan fingerprint density at radius 3 is 2.48 bits per heavy atom. The number of halogens is 1. The van der Waals surface area contributed by atoms with Gasteiger partial charge in [-0.1, -0.05) is 6.07 Å². The highest BCUT2D eigenvalue weighted by atomic mass is 127. The first-order chi connectivity index (χ1) is 13.9. The number of amides is 1. The van der Waals surface area contributed by atoms with Crippen LogP contribution in [0.2, 0.25) is 0 Å². The van der Waals surface area contributed by atoms with Gasteiger partial charge in [-0.05, 0) is 90.1 Å². The van der Waals surface area contributed by atoms with Gasteiger partial charge >= 0.3 is 0 Å². The monoisotopic (exact) mass is 510 g/mol. The molecule has 1 fully saturated rings. The van der Waals surface area contributed by atoms with Crippen LogP contribution in [0.5, 0.6) is 11.5 Å². The lowest BCUT2D eigenvalue weighted by Gasteiger charge is -2.28. The predicted octanol–water partition coefficient (Wildman–Crippen LogP) is 3.71. The lowest BCUT2D eigenvalue weighted by atomic mass is 9.92. The molecule has 1 aliphatic rings. The summed E-state index contributed by atoms with van der Waals surface area (Å²) < 4.78 is 11.8. The zero-order valence-corrected chi connectivity index (χ0v) is 18.9. The Morgan fingerprint density at radius 2 is 1.86 bits per heavy atom. The van der Waals surface area contributed by atoms with Crippen LogP contribution in [0.4, 0.5) is 5.69 Å². The average Bonchev–Trinajstić information content (AvgIpc) is 2.69. The first-order valence-corrected chi connectivity index (χ1v) is 10.8. The highest BCUT2D eigenvalue weighted by Crippen LogP contribution is 2.34. The maximum Gasteiger partial charge on any atom is 0.250 e. The Kier molecular flexibility index (Phi) is 7.23. The molecular formula is C22H27IN2O4. The number of nitrogens with two attached hydrogens (primary N) is 1. The molecule has 0 heterocycles. The van der Waals surface area contributed by atoms with E-state index in [0.29, 0.717) is 17.7 Å². The standard InChI is InChI=1S/C22H27IN2O4/c1-28-20-12-14(10-18(23)21(20)29-2)9-13-3-8-17(22(24)27)19(11-13)25-15-4-6-16(26)7-5-15/h3,8,10-12,15-16,25-26H,4-7,9H2,1-2H3,(H2,24,27). The number of hydrogen-bond acceptors (Lipinski definition) is 5. The molecular weight excluding hydrogens is 483 g/mol. The molecule has 4 N–H and O–H groups in total. The Hall–Kier alpha value is -2.00. The molecule has 0 aromatic heterocycles. The van der Waals surface area contributed by atoms with Gasteiger partial charge in [0.05, 0.1) is 29.5 Å². The fourth-order valence-electron chi connectivity index (χ4n) is 3.78. The largest absolute Gasteiger partial charge is 0.493 e. The predicted molar refractivity (Wildman–Crippen MR) is 122 cm³/mol. The minimum absolute atomic E-state index is 0.220. The summed E-state index contributed by atoms with van der Waals surface area (Å²) in [6.07, 6.45) is 3.76. The van der Waals surface area contributed by atoms with E-state index in [-0.39, 0.29) is 12.1 Å². The lowest BCUT2D eigenvalue weighted by molar-refractivity contribution is 0.100. The number of benzene rings is 2. The van der Waals surface area contributed by atoms with E-state index in [1.165, 1.54) is 0 Å². The van der Waals surface area contributed by atoms with E-state index in [1.807, 2.05) is 18.2 Å². The summed E-state index contributed by atoms with van der Waals surface area (Å²) in [5, 5.41) is 13.2. The number of aliphatic hydroxyl groups is 1. The molecule has 2 aromatic carbocycles. The molecule has 0 bridgehead atoms. The Morgan fingerprint density at radius 1 is 1.14 bits per heavy atom. The highest BCUT2D eigenvalue weighted by Gasteiger charge is 2.21. The molecule has 0 atom stereocenters. The molecule has 0 spiro atoms. The third-order valence-corrected chi connectivity index (χ3v) is 6.11. The quantitative estimate of drug-likeness (QED) is 0.494. The Bertz CT molecular complexity index is 879. The molecule has 0 aliphatic heterocycles. The van der Waals surface area contributed by atoms with Crippen molar-refractivity contribution in [3.05, 3.63) is 50.6 Å². The molecule has 0 saturated heterocycles. The SMILES string of the molecule is COc1cc(Cc2ccc(C(N)=O)c(NC3CCC(O)CC3)c2)cc(I)c1OC. The topological polar surface area (TPSA) is 93.8 Å². The zero-order chi connectivity index (χ0) is 21.0. The molecule has 0 radical (unpaired) electrons. The summed E-state index contributed by atoms with van der Waals surface area (Å²) in [4.78, 5) is 11.9. The van der Waals surface area contributed by atoms with Crippen LogP contribution < -0.4 is 20.5 Å². The normalized spacial score (nSPS) is 18.9. The van der Waals surface area contributed by atoms with Crippen molar-refractivity contribution in [1.29, 1.82) is 0 Å². The van der Waals surface area contributed by atoms with Crippen molar-refractivity contribution in [3.8, 4) is 11.5 Å². The van der Waals surface area contributed by atoms with Crippen molar-refractivity contribution in [2.24, 2.45) is 5.73 Å². The third kappa shape index (κ3) is 5.33. The molecule has 1 saturated carbocycles. The van der Waals surface area contributed by atoms with Crippen LogP contribution in [-0.2, 0) is 6.42 Å². The molecule has 2 aromatic rings. The van der Waals surface area contributed by atoms with Gasteiger partial charge < -0.3 is 25.6 Å². The summed E-state index contributed by atoms with van der Waals surface area (Å²) >= 11 is 2.24. The van der Waals surface area contributed by atoms with E-state index in [0.717, 1.165) is 51.8 Å². The van der Waals surface area contributed by atoms with Crippen molar-refractivity contribution in [3.63, 3.8) is 0 Å².